The number of anilines is 1. The predicted octanol–water partition coefficient (Wildman–Crippen LogP) is 0.334. The fraction of sp³-hybridized carbons (Fsp3) is 0.438. The van der Waals surface area contributed by atoms with Crippen molar-refractivity contribution in [2.24, 2.45) is 5.73 Å². The number of piperidine rings is 1. The zero-order valence-corrected chi connectivity index (χ0v) is 12.1. The monoisotopic (exact) mass is 285 g/mol. The molecule has 5 nitrogen and oxygen atoms in total. The maximum atomic E-state index is 11.8. The number of nitrogens with one attached hydrogen (secondary N) is 1. The van der Waals surface area contributed by atoms with Crippen molar-refractivity contribution >= 4 is 11.7 Å². The summed E-state index contributed by atoms with van der Waals surface area (Å²) in [6.07, 6.45) is 1.26. The predicted molar refractivity (Wildman–Crippen MR) is 81.3 cm³/mol. The Morgan fingerprint density at radius 1 is 1.48 bits per heavy atom. The lowest BCUT2D eigenvalue weighted by Gasteiger charge is -2.49. The van der Waals surface area contributed by atoms with Crippen molar-refractivity contribution in [1.82, 2.24) is 5.32 Å². The van der Waals surface area contributed by atoms with E-state index in [1.165, 1.54) is 13.5 Å². The van der Waals surface area contributed by atoms with Crippen molar-refractivity contribution in [3.05, 3.63) is 29.3 Å². The number of fused-ring (bicyclic) bond motifs is 2. The molecule has 3 aliphatic heterocycles. The summed E-state index contributed by atoms with van der Waals surface area (Å²) in [5.74, 6) is 5.41. The number of piperazine rings is 1. The molecule has 0 aliphatic carbocycles. The van der Waals surface area contributed by atoms with Crippen molar-refractivity contribution < 1.29 is 9.53 Å². The van der Waals surface area contributed by atoms with E-state index in [2.05, 4.69) is 22.1 Å². The average Bonchev–Trinajstić information content (AvgIpc) is 2.51. The number of esters is 1. The van der Waals surface area contributed by atoms with Gasteiger partial charge >= 0.3 is 5.97 Å². The standard InChI is InChI=1S/C16H19N3O2/c1-21-16(20)15-5-4-14(7-11(15)3-2-6-17)19-9-12-8-13(10-19)18-12/h4-5,7,12-13,18H,6,8-10,17H2,1H3. The first-order valence-corrected chi connectivity index (χ1v) is 7.13. The Morgan fingerprint density at radius 3 is 2.81 bits per heavy atom. The third-order valence-electron chi connectivity index (χ3n) is 4.02. The second-order valence-electron chi connectivity index (χ2n) is 5.43. The van der Waals surface area contributed by atoms with Gasteiger partial charge < -0.3 is 20.7 Å². The molecule has 5 heteroatoms. The third kappa shape index (κ3) is 2.73. The van der Waals surface area contributed by atoms with Gasteiger partial charge in [-0.05, 0) is 24.6 Å². The maximum Gasteiger partial charge on any atom is 0.339 e. The molecule has 0 radical (unpaired) electrons. The molecule has 3 heterocycles. The highest BCUT2D eigenvalue weighted by atomic mass is 16.5. The van der Waals surface area contributed by atoms with Gasteiger partial charge in [0.2, 0.25) is 0 Å². The van der Waals surface area contributed by atoms with Gasteiger partial charge in [-0.25, -0.2) is 4.79 Å². The lowest BCUT2D eigenvalue weighted by atomic mass is 9.90. The van der Waals surface area contributed by atoms with E-state index in [1.54, 1.807) is 6.07 Å². The van der Waals surface area contributed by atoms with Crippen LogP contribution in [0.3, 0.4) is 0 Å². The third-order valence-corrected chi connectivity index (χ3v) is 4.02. The van der Waals surface area contributed by atoms with E-state index in [0.29, 0.717) is 23.2 Å². The number of nitrogens with two attached hydrogens (primary N) is 1. The summed E-state index contributed by atoms with van der Waals surface area (Å²) in [7, 11) is 1.38. The lowest BCUT2D eigenvalue weighted by molar-refractivity contribution is 0.0600. The summed E-state index contributed by atoms with van der Waals surface area (Å²) in [4.78, 5) is 14.1. The molecule has 3 N–H and O–H groups in total. The second-order valence-corrected chi connectivity index (χ2v) is 5.43. The van der Waals surface area contributed by atoms with Crippen LogP contribution in [0, 0.1) is 11.8 Å². The quantitative estimate of drug-likeness (QED) is 0.605. The molecule has 1 aromatic carbocycles. The van der Waals surface area contributed by atoms with Crippen LogP contribution in [-0.4, -0.2) is 44.8 Å². The zero-order valence-electron chi connectivity index (χ0n) is 12.1. The fourth-order valence-corrected chi connectivity index (χ4v) is 2.99. The van der Waals surface area contributed by atoms with Crippen LogP contribution in [0.4, 0.5) is 5.69 Å². The number of hydrogen-bond donors (Lipinski definition) is 2. The Morgan fingerprint density at radius 2 is 2.19 bits per heavy atom. The summed E-state index contributed by atoms with van der Waals surface area (Å²) in [6.45, 7) is 2.26. The zero-order chi connectivity index (χ0) is 14.8. The van der Waals surface area contributed by atoms with E-state index in [4.69, 9.17) is 10.5 Å². The Hall–Kier alpha value is -2.03. The summed E-state index contributed by atoms with van der Waals surface area (Å²) >= 11 is 0. The molecule has 3 saturated heterocycles. The summed E-state index contributed by atoms with van der Waals surface area (Å²) in [6, 6.07) is 6.88. The van der Waals surface area contributed by atoms with Gasteiger partial charge in [-0.2, -0.15) is 0 Å². The molecule has 2 unspecified atom stereocenters. The number of carbonyl (C=O) groups excluding carboxylic acids is 1. The molecule has 1 aromatic rings. The van der Waals surface area contributed by atoms with Gasteiger partial charge in [0.1, 0.15) is 0 Å². The number of nitrogens with zero attached hydrogens (tertiary/aromatic N) is 1. The Labute approximate surface area is 124 Å². The molecule has 21 heavy (non-hydrogen) atoms. The number of benzene rings is 1. The van der Waals surface area contributed by atoms with Crippen LogP contribution in [0.15, 0.2) is 18.2 Å². The molecule has 0 spiro atoms. The van der Waals surface area contributed by atoms with Crippen LogP contribution in [-0.2, 0) is 4.74 Å². The van der Waals surface area contributed by atoms with Crippen LogP contribution in [0.2, 0.25) is 0 Å². The van der Waals surface area contributed by atoms with Gasteiger partial charge in [0.05, 0.1) is 19.2 Å². The normalized spacial score (nSPS) is 22.9. The molecule has 110 valence electrons. The van der Waals surface area contributed by atoms with Crippen LogP contribution >= 0.6 is 0 Å². The maximum absolute atomic E-state index is 11.8. The van der Waals surface area contributed by atoms with E-state index in [-0.39, 0.29) is 12.5 Å². The van der Waals surface area contributed by atoms with Gasteiger partial charge in [-0.3, -0.25) is 0 Å². The van der Waals surface area contributed by atoms with Crippen LogP contribution < -0.4 is 16.0 Å². The Bertz CT molecular complexity index is 602. The molecule has 2 bridgehead atoms. The minimum atomic E-state index is -0.369. The molecule has 4 rings (SSSR count). The summed E-state index contributed by atoms with van der Waals surface area (Å²) in [5.41, 5.74) is 7.70. The lowest BCUT2D eigenvalue weighted by Crippen LogP contribution is -2.67. The largest absolute Gasteiger partial charge is 0.465 e. The van der Waals surface area contributed by atoms with Crippen LogP contribution in [0.5, 0.6) is 0 Å². The highest BCUT2D eigenvalue weighted by Gasteiger charge is 2.36. The molecule has 2 atom stereocenters. The van der Waals surface area contributed by atoms with Crippen molar-refractivity contribution in [2.75, 3.05) is 31.6 Å². The van der Waals surface area contributed by atoms with E-state index in [9.17, 15) is 4.79 Å². The Kier molecular flexibility index (Phi) is 3.82. The topological polar surface area (TPSA) is 67.6 Å². The van der Waals surface area contributed by atoms with E-state index >= 15 is 0 Å². The van der Waals surface area contributed by atoms with Gasteiger partial charge in [0.15, 0.2) is 0 Å². The smallest absolute Gasteiger partial charge is 0.339 e. The first kappa shape index (κ1) is 13.9. The summed E-state index contributed by atoms with van der Waals surface area (Å²) < 4.78 is 4.80. The average molecular weight is 285 g/mol. The number of rotatable bonds is 2. The molecule has 0 saturated carbocycles. The second kappa shape index (κ2) is 5.76. The molecule has 3 fully saturated rings. The first-order chi connectivity index (χ1) is 10.2. The van der Waals surface area contributed by atoms with Gasteiger partial charge in [0.25, 0.3) is 0 Å². The van der Waals surface area contributed by atoms with Gasteiger partial charge in [-0.1, -0.05) is 11.8 Å². The Balaban J connectivity index is 1.90. The number of hydrogen-bond acceptors (Lipinski definition) is 5. The minimum absolute atomic E-state index is 0.266. The first-order valence-electron chi connectivity index (χ1n) is 7.13. The van der Waals surface area contributed by atoms with Gasteiger partial charge in [-0.15, -0.1) is 0 Å². The number of methoxy groups -OCH3 is 1. The van der Waals surface area contributed by atoms with Crippen molar-refractivity contribution in [3.63, 3.8) is 0 Å². The minimum Gasteiger partial charge on any atom is -0.465 e. The SMILES string of the molecule is COC(=O)c1ccc(N2CC3CC(C2)N3)cc1C#CCN. The number of carbonyl (C=O) groups is 1. The van der Waals surface area contributed by atoms with Crippen molar-refractivity contribution in [3.8, 4) is 11.8 Å². The van der Waals surface area contributed by atoms with Crippen LogP contribution in [0.1, 0.15) is 22.3 Å². The van der Waals surface area contributed by atoms with E-state index < -0.39 is 0 Å². The molecule has 0 aromatic heterocycles. The molecular weight excluding hydrogens is 266 g/mol. The highest BCUT2D eigenvalue weighted by molar-refractivity contribution is 5.93. The van der Waals surface area contributed by atoms with Gasteiger partial charge in [0, 0.05) is 36.4 Å². The van der Waals surface area contributed by atoms with Crippen molar-refractivity contribution in [1.29, 1.82) is 0 Å². The van der Waals surface area contributed by atoms with Crippen LogP contribution in [0.25, 0.3) is 0 Å². The fourth-order valence-electron chi connectivity index (χ4n) is 2.99. The molecule has 3 aliphatic rings. The molecule has 0 amide bonds. The number of ether oxygens (including phenoxy) is 1. The molecular formula is C16H19N3O2. The van der Waals surface area contributed by atoms with E-state index in [1.807, 2.05) is 12.1 Å². The van der Waals surface area contributed by atoms with Crippen molar-refractivity contribution in [2.45, 2.75) is 18.5 Å². The summed E-state index contributed by atoms with van der Waals surface area (Å²) in [5, 5.41) is 3.51. The van der Waals surface area contributed by atoms with E-state index in [0.717, 1.165) is 18.8 Å². The highest BCUT2D eigenvalue weighted by Crippen LogP contribution is 2.27.